The van der Waals surface area contributed by atoms with Crippen molar-refractivity contribution in [3.05, 3.63) is 24.4 Å². The molecule has 0 bridgehead atoms. The molecule has 0 spiro atoms. The van der Waals surface area contributed by atoms with Gasteiger partial charge in [-0.2, -0.15) is 0 Å². The molecule has 0 aliphatic heterocycles. The summed E-state index contributed by atoms with van der Waals surface area (Å²) >= 11 is 0. The third-order valence-electron chi connectivity index (χ3n) is 9.01. The Bertz CT molecular complexity index is 621. The highest BCUT2D eigenvalue weighted by Gasteiger charge is 2.06. The first-order valence-corrected chi connectivity index (χ1v) is 19.3. The highest BCUT2D eigenvalue weighted by molar-refractivity contribution is 4.99. The van der Waals surface area contributed by atoms with Gasteiger partial charge in [-0.1, -0.05) is 194 Å². The van der Waals surface area contributed by atoms with Crippen molar-refractivity contribution >= 4 is 0 Å². The van der Waals surface area contributed by atoms with E-state index in [0.29, 0.717) is 6.42 Å². The molecule has 0 amide bonds. The molecule has 1 heterocycles. The second-order valence-corrected chi connectivity index (χ2v) is 13.2. The van der Waals surface area contributed by atoms with Crippen molar-refractivity contribution in [2.75, 3.05) is 0 Å². The summed E-state index contributed by atoms with van der Waals surface area (Å²) in [5, 5.41) is 0. The van der Waals surface area contributed by atoms with Crippen molar-refractivity contribution in [2.45, 2.75) is 226 Å². The molecule has 0 aromatic carbocycles. The minimum Gasteiger partial charge on any atom is -0.218 e. The molecule has 3 heteroatoms. The number of hydrogen-bond donors (Lipinski definition) is 0. The Hall–Kier alpha value is -0.990. The van der Waals surface area contributed by atoms with Gasteiger partial charge in [0.05, 0.1) is 0 Å². The molecule has 0 unspecified atom stereocenters. The Labute approximate surface area is 264 Å². The number of aromatic nitrogens is 3. The third kappa shape index (κ3) is 25.5. The van der Waals surface area contributed by atoms with Crippen molar-refractivity contribution in [1.82, 2.24) is 15.0 Å². The maximum absolute atomic E-state index is 4.84. The lowest BCUT2D eigenvalue weighted by molar-refractivity contribution is 0.529. The van der Waals surface area contributed by atoms with Crippen molar-refractivity contribution in [3.63, 3.8) is 0 Å². The van der Waals surface area contributed by atoms with Crippen LogP contribution in [0, 0.1) is 6.92 Å². The summed E-state index contributed by atoms with van der Waals surface area (Å²) in [6.45, 7) is 8.64. The number of hydrogen-bond acceptors (Lipinski definition) is 3. The molecule has 0 fully saturated rings. The van der Waals surface area contributed by atoms with E-state index in [1.54, 1.807) is 0 Å². The molecule has 0 aliphatic carbocycles. The van der Waals surface area contributed by atoms with Crippen molar-refractivity contribution in [1.29, 1.82) is 0 Å². The van der Waals surface area contributed by atoms with E-state index < -0.39 is 0 Å². The maximum atomic E-state index is 4.84. The van der Waals surface area contributed by atoms with Gasteiger partial charge in [0.1, 0.15) is 17.5 Å². The van der Waals surface area contributed by atoms with Gasteiger partial charge in [0, 0.05) is 19.3 Å². The largest absolute Gasteiger partial charge is 0.218 e. The molecule has 1 radical (unpaired) electrons. The number of rotatable bonds is 33. The fourth-order valence-corrected chi connectivity index (χ4v) is 6.17. The summed E-state index contributed by atoms with van der Waals surface area (Å²) < 4.78 is 0. The zero-order valence-corrected chi connectivity index (χ0v) is 28.9. The predicted molar refractivity (Wildman–Crippen MR) is 186 cm³/mol. The van der Waals surface area contributed by atoms with Gasteiger partial charge in [0.2, 0.25) is 0 Å². The van der Waals surface area contributed by atoms with Crippen molar-refractivity contribution in [2.24, 2.45) is 0 Å². The zero-order chi connectivity index (χ0) is 30.2. The molecular formula is C39H74N3. The number of aryl methyl sites for hydroxylation is 2. The fourth-order valence-electron chi connectivity index (χ4n) is 6.17. The lowest BCUT2D eigenvalue weighted by Gasteiger charge is -2.07. The van der Waals surface area contributed by atoms with E-state index in [4.69, 9.17) is 15.0 Å². The molecule has 1 aromatic heterocycles. The van der Waals surface area contributed by atoms with E-state index in [1.807, 2.05) is 0 Å². The summed E-state index contributed by atoms with van der Waals surface area (Å²) in [4.78, 5) is 14.2. The number of nitrogens with zero attached hydrogens (tertiary/aromatic N) is 3. The molecule has 245 valence electrons. The first kappa shape index (κ1) is 39.0. The van der Waals surface area contributed by atoms with E-state index >= 15 is 0 Å². The van der Waals surface area contributed by atoms with Crippen LogP contribution in [0.5, 0.6) is 0 Å². The maximum Gasteiger partial charge on any atom is 0.132 e. The van der Waals surface area contributed by atoms with Crippen molar-refractivity contribution < 1.29 is 0 Å². The molecule has 3 nitrogen and oxygen atoms in total. The standard InChI is InChI=1S/C39H74N3/c1-4-7-9-11-13-15-17-19-21-23-25-27-29-31-33-35-38-40-37(6-3)41-39(42-38)36-34-32-30-28-26-24-22-20-18-16-14-12-10-8-5-2/h3-36H2,1-2H3. The van der Waals surface area contributed by atoms with Gasteiger partial charge < -0.3 is 0 Å². The SMILES string of the molecule is [CH2]Cc1nc(CCCCCCCCCCCCCCCCC)nc(CCCCCCCCCCCCCCCCC)n1. The van der Waals surface area contributed by atoms with Gasteiger partial charge in [0.25, 0.3) is 0 Å². The zero-order valence-electron chi connectivity index (χ0n) is 28.9. The highest BCUT2D eigenvalue weighted by Crippen LogP contribution is 2.16. The minimum absolute atomic E-state index is 0.667. The molecule has 1 aromatic rings. The predicted octanol–water partition coefficient (Wildman–Crippen LogP) is 13.1. The number of unbranched alkanes of at least 4 members (excludes halogenated alkanes) is 28. The minimum atomic E-state index is 0.667. The average molecular weight is 585 g/mol. The Morgan fingerprint density at radius 2 is 0.524 bits per heavy atom. The summed E-state index contributed by atoms with van der Waals surface area (Å²) in [6, 6.07) is 0. The van der Waals surface area contributed by atoms with Crippen LogP contribution in [0.3, 0.4) is 0 Å². The molecular weight excluding hydrogens is 510 g/mol. The van der Waals surface area contributed by atoms with Crippen LogP contribution in [0.25, 0.3) is 0 Å². The average Bonchev–Trinajstić information content (AvgIpc) is 3.01. The first-order valence-electron chi connectivity index (χ1n) is 19.3. The Balaban J connectivity index is 1.99. The van der Waals surface area contributed by atoms with Crippen LogP contribution < -0.4 is 0 Å². The second-order valence-electron chi connectivity index (χ2n) is 13.2. The summed E-state index contributed by atoms with van der Waals surface area (Å²) in [7, 11) is 0. The Morgan fingerprint density at radius 3 is 0.762 bits per heavy atom. The van der Waals surface area contributed by atoms with Gasteiger partial charge in [-0.05, 0) is 19.8 Å². The van der Waals surface area contributed by atoms with Crippen LogP contribution in [0.2, 0.25) is 0 Å². The lowest BCUT2D eigenvalue weighted by atomic mass is 10.0. The summed E-state index contributed by atoms with van der Waals surface area (Å²) in [6.07, 6.45) is 44.7. The smallest absolute Gasteiger partial charge is 0.132 e. The van der Waals surface area contributed by atoms with E-state index in [1.165, 1.54) is 193 Å². The van der Waals surface area contributed by atoms with Crippen LogP contribution in [-0.4, -0.2) is 15.0 Å². The van der Waals surface area contributed by atoms with E-state index in [2.05, 4.69) is 20.8 Å². The monoisotopic (exact) mass is 585 g/mol. The molecule has 0 atom stereocenters. The normalized spacial score (nSPS) is 11.5. The lowest BCUT2D eigenvalue weighted by Crippen LogP contribution is -2.08. The van der Waals surface area contributed by atoms with Crippen LogP contribution in [-0.2, 0) is 19.3 Å². The quantitative estimate of drug-likeness (QED) is 0.0771. The molecule has 1 rings (SSSR count). The van der Waals surface area contributed by atoms with Gasteiger partial charge in [0.15, 0.2) is 0 Å². The van der Waals surface area contributed by atoms with Crippen LogP contribution >= 0.6 is 0 Å². The van der Waals surface area contributed by atoms with Gasteiger partial charge in [-0.3, -0.25) is 0 Å². The van der Waals surface area contributed by atoms with E-state index in [9.17, 15) is 0 Å². The molecule has 0 aliphatic rings. The Kier molecular flexibility index (Phi) is 29.2. The fraction of sp³-hybridized carbons (Fsp3) is 0.897. The Morgan fingerprint density at radius 1 is 0.310 bits per heavy atom. The van der Waals surface area contributed by atoms with E-state index in [-0.39, 0.29) is 0 Å². The molecule has 0 N–H and O–H groups in total. The van der Waals surface area contributed by atoms with Crippen LogP contribution in [0.4, 0.5) is 0 Å². The van der Waals surface area contributed by atoms with E-state index in [0.717, 1.165) is 30.3 Å². The summed E-state index contributed by atoms with van der Waals surface area (Å²) in [5.74, 6) is 2.90. The molecule has 0 saturated heterocycles. The second kappa shape index (κ2) is 31.4. The van der Waals surface area contributed by atoms with Gasteiger partial charge in [-0.25, -0.2) is 15.0 Å². The van der Waals surface area contributed by atoms with Crippen molar-refractivity contribution in [3.8, 4) is 0 Å². The molecule has 42 heavy (non-hydrogen) atoms. The van der Waals surface area contributed by atoms with Crippen LogP contribution in [0.1, 0.15) is 224 Å². The highest BCUT2D eigenvalue weighted by atomic mass is 15.0. The first-order chi connectivity index (χ1) is 20.8. The molecule has 0 saturated carbocycles. The third-order valence-corrected chi connectivity index (χ3v) is 9.01. The van der Waals surface area contributed by atoms with Crippen LogP contribution in [0.15, 0.2) is 0 Å². The summed E-state index contributed by atoms with van der Waals surface area (Å²) in [5.41, 5.74) is 0. The van der Waals surface area contributed by atoms with Gasteiger partial charge >= 0.3 is 0 Å². The topological polar surface area (TPSA) is 38.7 Å². The van der Waals surface area contributed by atoms with Gasteiger partial charge in [-0.15, -0.1) is 0 Å².